The number of nitrogen functional groups attached to an aromatic ring is 1. The summed E-state index contributed by atoms with van der Waals surface area (Å²) in [5.41, 5.74) is 13.0. The first-order valence-corrected chi connectivity index (χ1v) is 10.3. The van der Waals surface area contributed by atoms with Gasteiger partial charge in [0, 0.05) is 6.20 Å². The molecule has 0 saturated carbocycles. The molecule has 4 aromatic rings. The summed E-state index contributed by atoms with van der Waals surface area (Å²) in [5.74, 6) is 1.62. The van der Waals surface area contributed by atoms with Gasteiger partial charge >= 0.3 is 0 Å². The molecule has 4 N–H and O–H groups in total. The Morgan fingerprint density at radius 2 is 1.64 bits per heavy atom. The Balaban J connectivity index is 1.49. The largest absolute Gasteiger partial charge is 0.484 e. The second-order valence-corrected chi connectivity index (χ2v) is 6.99. The predicted octanol–water partition coefficient (Wildman–Crippen LogP) is 3.31. The molecule has 33 heavy (non-hydrogen) atoms. The van der Waals surface area contributed by atoms with Gasteiger partial charge in [0.2, 0.25) is 0 Å². The molecule has 1 amide bonds. The molecule has 0 fully saturated rings. The zero-order valence-electron chi connectivity index (χ0n) is 17.8. The number of nitrogens with zero attached hydrogens (tertiary/aromatic N) is 4. The number of carbonyl (C=O) groups is 1. The number of para-hydroxylation sites is 1. The van der Waals surface area contributed by atoms with Gasteiger partial charge in [0.1, 0.15) is 23.6 Å². The fraction of sp³-hybridized carbons (Fsp3) is 0.0833. The Labute approximate surface area is 191 Å². The van der Waals surface area contributed by atoms with Crippen molar-refractivity contribution < 1.29 is 9.53 Å². The highest BCUT2D eigenvalue weighted by molar-refractivity contribution is 5.82. The topological polar surface area (TPSA) is 118 Å². The molecule has 166 valence electrons. The van der Waals surface area contributed by atoms with E-state index in [9.17, 15) is 4.79 Å². The van der Waals surface area contributed by atoms with Gasteiger partial charge in [-0.1, -0.05) is 54.6 Å². The van der Waals surface area contributed by atoms with Crippen LogP contribution in [0.3, 0.4) is 0 Å². The van der Waals surface area contributed by atoms with Crippen LogP contribution in [0, 0.1) is 0 Å². The van der Waals surface area contributed by atoms with E-state index in [1.54, 1.807) is 18.3 Å². The molecule has 2 heterocycles. The lowest BCUT2D eigenvalue weighted by Gasteiger charge is -2.24. The van der Waals surface area contributed by atoms with Crippen molar-refractivity contribution >= 4 is 29.0 Å². The number of pyridine rings is 1. The number of nitrogens with two attached hydrogens (primary N) is 1. The van der Waals surface area contributed by atoms with Gasteiger partial charge in [-0.15, -0.1) is 0 Å². The fourth-order valence-electron chi connectivity index (χ4n) is 3.08. The Morgan fingerprint density at radius 3 is 2.36 bits per heavy atom. The van der Waals surface area contributed by atoms with Crippen LogP contribution in [0.25, 0.3) is 0 Å². The normalized spacial score (nSPS) is 10.3. The molecule has 0 radical (unpaired) electrons. The van der Waals surface area contributed by atoms with Crippen LogP contribution < -0.4 is 26.2 Å². The van der Waals surface area contributed by atoms with Crippen molar-refractivity contribution in [2.45, 2.75) is 6.54 Å². The summed E-state index contributed by atoms with van der Waals surface area (Å²) in [5, 5.41) is 0. The molecule has 0 spiro atoms. The molecular weight excluding hydrogens is 418 g/mol. The minimum absolute atomic E-state index is 0.164. The van der Waals surface area contributed by atoms with E-state index in [0.717, 1.165) is 5.56 Å². The molecule has 0 bridgehead atoms. The lowest BCUT2D eigenvalue weighted by atomic mass is 10.2. The van der Waals surface area contributed by atoms with Crippen molar-refractivity contribution in [2.24, 2.45) is 0 Å². The fourth-order valence-corrected chi connectivity index (χ4v) is 3.08. The minimum Gasteiger partial charge on any atom is -0.484 e. The third-order valence-electron chi connectivity index (χ3n) is 4.66. The van der Waals surface area contributed by atoms with E-state index in [0.29, 0.717) is 23.9 Å². The second-order valence-electron chi connectivity index (χ2n) is 6.99. The Kier molecular flexibility index (Phi) is 6.92. The maximum Gasteiger partial charge on any atom is 0.276 e. The Hall–Kier alpha value is -4.66. The Morgan fingerprint density at radius 1 is 0.909 bits per heavy atom. The summed E-state index contributed by atoms with van der Waals surface area (Å²) in [6, 6.07) is 24.6. The zero-order chi connectivity index (χ0) is 22.9. The number of anilines is 4. The smallest absolute Gasteiger partial charge is 0.276 e. The van der Waals surface area contributed by atoms with Gasteiger partial charge in [-0.05, 0) is 29.8 Å². The monoisotopic (exact) mass is 441 g/mol. The first-order valence-electron chi connectivity index (χ1n) is 10.3. The van der Waals surface area contributed by atoms with Crippen LogP contribution >= 0.6 is 0 Å². The summed E-state index contributed by atoms with van der Waals surface area (Å²) >= 11 is 0. The molecule has 0 aliphatic heterocycles. The molecule has 4 rings (SSSR count). The first-order chi connectivity index (χ1) is 16.2. The average molecular weight is 441 g/mol. The molecule has 0 aliphatic carbocycles. The van der Waals surface area contributed by atoms with Crippen LogP contribution in [-0.4, -0.2) is 27.5 Å². The quantitative estimate of drug-likeness (QED) is 0.339. The van der Waals surface area contributed by atoms with Gasteiger partial charge in [0.05, 0.1) is 6.54 Å². The van der Waals surface area contributed by atoms with E-state index in [1.165, 1.54) is 6.33 Å². The molecule has 0 unspecified atom stereocenters. The number of rotatable bonds is 9. The van der Waals surface area contributed by atoms with E-state index in [2.05, 4.69) is 25.8 Å². The van der Waals surface area contributed by atoms with Crippen molar-refractivity contribution in [3.63, 3.8) is 0 Å². The van der Waals surface area contributed by atoms with Gasteiger partial charge in [-0.3, -0.25) is 15.6 Å². The summed E-state index contributed by atoms with van der Waals surface area (Å²) in [6.07, 6.45) is 3.08. The van der Waals surface area contributed by atoms with E-state index in [1.807, 2.05) is 71.6 Å². The standard InChI is InChI=1S/C24H23N7O2/c25-22-23(30-29-21(32)16-33-19-11-5-2-6-12-19)27-17-28-24(22)31(20-13-7-8-14-26-20)15-18-9-3-1-4-10-18/h1-14,17H,15-16,25H2,(H,29,32)(H,27,28,30). The molecular formula is C24H23N7O2. The number of amides is 1. The SMILES string of the molecule is Nc1c(NNC(=O)COc2ccccc2)ncnc1N(Cc1ccccc1)c1ccccn1. The van der Waals surface area contributed by atoms with Gasteiger partial charge in [0.15, 0.2) is 18.2 Å². The van der Waals surface area contributed by atoms with E-state index in [4.69, 9.17) is 10.5 Å². The maximum atomic E-state index is 12.2. The van der Waals surface area contributed by atoms with Crippen LogP contribution in [0.4, 0.5) is 23.1 Å². The van der Waals surface area contributed by atoms with Crippen molar-refractivity contribution in [3.8, 4) is 5.75 Å². The molecule has 0 atom stereocenters. The van der Waals surface area contributed by atoms with Crippen LogP contribution in [0.1, 0.15) is 5.56 Å². The summed E-state index contributed by atoms with van der Waals surface area (Å²) in [6.45, 7) is 0.332. The van der Waals surface area contributed by atoms with Crippen molar-refractivity contribution in [3.05, 3.63) is 97.0 Å². The molecule has 0 saturated heterocycles. The first kappa shape index (κ1) is 21.6. The number of aromatic nitrogens is 3. The number of hydrogen-bond acceptors (Lipinski definition) is 8. The molecule has 9 nitrogen and oxygen atoms in total. The lowest BCUT2D eigenvalue weighted by molar-refractivity contribution is -0.122. The summed E-state index contributed by atoms with van der Waals surface area (Å²) < 4.78 is 5.44. The lowest BCUT2D eigenvalue weighted by Crippen LogP contribution is -2.34. The summed E-state index contributed by atoms with van der Waals surface area (Å²) in [4.78, 5) is 27.1. The van der Waals surface area contributed by atoms with Gasteiger partial charge in [-0.25, -0.2) is 15.0 Å². The van der Waals surface area contributed by atoms with Crippen LogP contribution in [0.5, 0.6) is 5.75 Å². The highest BCUT2D eigenvalue weighted by Gasteiger charge is 2.19. The Bertz CT molecular complexity index is 1180. The van der Waals surface area contributed by atoms with E-state index in [-0.39, 0.29) is 24.0 Å². The van der Waals surface area contributed by atoms with Gasteiger partial charge in [-0.2, -0.15) is 0 Å². The number of hydrogen-bond donors (Lipinski definition) is 3. The minimum atomic E-state index is -0.385. The highest BCUT2D eigenvalue weighted by Crippen LogP contribution is 2.31. The van der Waals surface area contributed by atoms with Crippen LogP contribution in [-0.2, 0) is 11.3 Å². The maximum absolute atomic E-state index is 12.2. The number of hydrazine groups is 1. The highest BCUT2D eigenvalue weighted by atomic mass is 16.5. The third-order valence-corrected chi connectivity index (χ3v) is 4.66. The molecule has 2 aromatic carbocycles. The van der Waals surface area contributed by atoms with Crippen molar-refractivity contribution in [1.29, 1.82) is 0 Å². The van der Waals surface area contributed by atoms with Gasteiger partial charge < -0.3 is 15.4 Å². The predicted molar refractivity (Wildman–Crippen MR) is 127 cm³/mol. The number of carbonyl (C=O) groups excluding carboxylic acids is 1. The molecule has 2 aromatic heterocycles. The van der Waals surface area contributed by atoms with Crippen molar-refractivity contribution in [2.75, 3.05) is 22.7 Å². The number of ether oxygens (including phenoxy) is 1. The number of benzene rings is 2. The van der Waals surface area contributed by atoms with Crippen molar-refractivity contribution in [1.82, 2.24) is 20.4 Å². The second kappa shape index (κ2) is 10.6. The van der Waals surface area contributed by atoms with E-state index >= 15 is 0 Å². The zero-order valence-corrected chi connectivity index (χ0v) is 17.8. The van der Waals surface area contributed by atoms with Crippen LogP contribution in [0.2, 0.25) is 0 Å². The van der Waals surface area contributed by atoms with E-state index < -0.39 is 0 Å². The third kappa shape index (κ3) is 5.73. The van der Waals surface area contributed by atoms with Gasteiger partial charge in [0.25, 0.3) is 5.91 Å². The number of nitrogens with one attached hydrogen (secondary N) is 2. The summed E-state index contributed by atoms with van der Waals surface area (Å²) in [7, 11) is 0. The average Bonchev–Trinajstić information content (AvgIpc) is 2.87. The van der Waals surface area contributed by atoms with Crippen LogP contribution in [0.15, 0.2) is 91.4 Å². The molecule has 9 heteroatoms. The molecule has 0 aliphatic rings.